The first kappa shape index (κ1) is 10.1. The standard InChI is InChI=1S/C15H13NO/c17-15-10-3-4-11-16(15)14-9-5-7-12-6-1-2-8-13(12)14/h1-8,10-11,14H,9H2. The van der Waals surface area contributed by atoms with Crippen LogP contribution in [0.5, 0.6) is 0 Å². The highest BCUT2D eigenvalue weighted by molar-refractivity contribution is 5.57. The molecule has 0 saturated heterocycles. The van der Waals surface area contributed by atoms with E-state index in [1.54, 1.807) is 12.1 Å². The Morgan fingerprint density at radius 2 is 1.88 bits per heavy atom. The Hall–Kier alpha value is -2.09. The predicted octanol–water partition coefficient (Wildman–Crippen LogP) is 2.85. The van der Waals surface area contributed by atoms with Gasteiger partial charge in [-0.2, -0.15) is 0 Å². The zero-order valence-corrected chi connectivity index (χ0v) is 9.41. The minimum Gasteiger partial charge on any atom is -0.308 e. The van der Waals surface area contributed by atoms with E-state index in [1.807, 2.05) is 29.0 Å². The van der Waals surface area contributed by atoms with Crippen molar-refractivity contribution in [2.24, 2.45) is 0 Å². The van der Waals surface area contributed by atoms with E-state index in [4.69, 9.17) is 0 Å². The average Bonchev–Trinajstić information content (AvgIpc) is 2.39. The van der Waals surface area contributed by atoms with Crippen LogP contribution in [-0.4, -0.2) is 4.57 Å². The Morgan fingerprint density at radius 1 is 1.06 bits per heavy atom. The largest absolute Gasteiger partial charge is 0.308 e. The first-order valence-corrected chi connectivity index (χ1v) is 5.79. The second-order valence-electron chi connectivity index (χ2n) is 4.23. The highest BCUT2D eigenvalue weighted by atomic mass is 16.1. The number of hydrogen-bond acceptors (Lipinski definition) is 1. The van der Waals surface area contributed by atoms with Crippen LogP contribution in [0.25, 0.3) is 6.08 Å². The summed E-state index contributed by atoms with van der Waals surface area (Å²) < 4.78 is 1.81. The van der Waals surface area contributed by atoms with Crippen molar-refractivity contribution >= 4 is 6.08 Å². The minimum atomic E-state index is 0.0580. The number of allylic oxidation sites excluding steroid dienone is 1. The van der Waals surface area contributed by atoms with Crippen LogP contribution in [0.3, 0.4) is 0 Å². The van der Waals surface area contributed by atoms with Gasteiger partial charge in [0.1, 0.15) is 0 Å². The van der Waals surface area contributed by atoms with Crippen molar-refractivity contribution in [1.29, 1.82) is 0 Å². The fraction of sp³-hybridized carbons (Fsp3) is 0.133. The van der Waals surface area contributed by atoms with Crippen molar-refractivity contribution < 1.29 is 0 Å². The molecule has 1 aliphatic rings. The summed E-state index contributed by atoms with van der Waals surface area (Å²) in [5.74, 6) is 0. The third kappa shape index (κ3) is 1.72. The summed E-state index contributed by atoms with van der Waals surface area (Å²) in [4.78, 5) is 11.9. The molecule has 2 aromatic rings. The Balaban J connectivity index is 2.16. The second-order valence-corrected chi connectivity index (χ2v) is 4.23. The lowest BCUT2D eigenvalue weighted by atomic mass is 9.92. The molecule has 1 atom stereocenters. The summed E-state index contributed by atoms with van der Waals surface area (Å²) >= 11 is 0. The van der Waals surface area contributed by atoms with Crippen molar-refractivity contribution in [1.82, 2.24) is 4.57 Å². The van der Waals surface area contributed by atoms with Gasteiger partial charge in [-0.3, -0.25) is 4.79 Å². The number of hydrogen-bond donors (Lipinski definition) is 0. The van der Waals surface area contributed by atoms with E-state index < -0.39 is 0 Å². The molecule has 0 saturated carbocycles. The Morgan fingerprint density at radius 3 is 2.76 bits per heavy atom. The molecule has 1 aliphatic carbocycles. The molecule has 0 N–H and O–H groups in total. The molecule has 0 fully saturated rings. The number of rotatable bonds is 1. The number of aromatic nitrogens is 1. The van der Waals surface area contributed by atoms with E-state index in [1.165, 1.54) is 11.1 Å². The Bertz CT molecular complexity index is 625. The van der Waals surface area contributed by atoms with Gasteiger partial charge in [-0.05, 0) is 23.6 Å². The smallest absolute Gasteiger partial charge is 0.251 e. The molecule has 84 valence electrons. The fourth-order valence-corrected chi connectivity index (χ4v) is 2.38. The molecule has 17 heavy (non-hydrogen) atoms. The first-order valence-electron chi connectivity index (χ1n) is 5.79. The Labute approximate surface area is 99.8 Å². The number of benzene rings is 1. The van der Waals surface area contributed by atoms with Crippen LogP contribution in [0.2, 0.25) is 0 Å². The maximum Gasteiger partial charge on any atom is 0.251 e. The van der Waals surface area contributed by atoms with Crippen molar-refractivity contribution in [3.05, 3.63) is 76.2 Å². The summed E-state index contributed by atoms with van der Waals surface area (Å²) in [6, 6.07) is 13.7. The molecule has 2 nitrogen and oxygen atoms in total. The number of pyridine rings is 1. The second kappa shape index (κ2) is 4.06. The zero-order valence-electron chi connectivity index (χ0n) is 9.41. The quantitative estimate of drug-likeness (QED) is 0.728. The summed E-state index contributed by atoms with van der Waals surface area (Å²) in [5.41, 5.74) is 2.49. The van der Waals surface area contributed by atoms with Crippen molar-refractivity contribution in [3.8, 4) is 0 Å². The Kier molecular flexibility index (Phi) is 2.41. The van der Waals surface area contributed by atoms with E-state index in [9.17, 15) is 4.79 Å². The molecule has 0 amide bonds. The lowest BCUT2D eigenvalue weighted by molar-refractivity contribution is 0.567. The normalized spacial score (nSPS) is 17.8. The van der Waals surface area contributed by atoms with Gasteiger partial charge in [0.2, 0.25) is 0 Å². The lowest BCUT2D eigenvalue weighted by Crippen LogP contribution is -2.25. The lowest BCUT2D eigenvalue weighted by Gasteiger charge is -2.23. The van der Waals surface area contributed by atoms with Crippen molar-refractivity contribution in [3.63, 3.8) is 0 Å². The van der Waals surface area contributed by atoms with Gasteiger partial charge in [-0.25, -0.2) is 0 Å². The molecule has 0 radical (unpaired) electrons. The maximum absolute atomic E-state index is 11.9. The summed E-state index contributed by atoms with van der Waals surface area (Å²) in [6.45, 7) is 0. The molecular weight excluding hydrogens is 210 g/mol. The first-order chi connectivity index (χ1) is 8.36. The zero-order chi connectivity index (χ0) is 11.7. The van der Waals surface area contributed by atoms with Gasteiger partial charge >= 0.3 is 0 Å². The SMILES string of the molecule is O=c1ccccn1C1CC=Cc2ccccc21. The highest BCUT2D eigenvalue weighted by Crippen LogP contribution is 2.29. The van der Waals surface area contributed by atoms with Gasteiger partial charge < -0.3 is 4.57 Å². The molecule has 1 aromatic heterocycles. The van der Waals surface area contributed by atoms with E-state index in [2.05, 4.69) is 24.3 Å². The van der Waals surface area contributed by atoms with Gasteiger partial charge in [-0.15, -0.1) is 0 Å². The van der Waals surface area contributed by atoms with Crippen LogP contribution in [0.4, 0.5) is 0 Å². The summed E-state index contributed by atoms with van der Waals surface area (Å²) in [7, 11) is 0. The summed E-state index contributed by atoms with van der Waals surface area (Å²) in [5, 5.41) is 0. The molecule has 2 heteroatoms. The van der Waals surface area contributed by atoms with Crippen molar-refractivity contribution in [2.45, 2.75) is 12.5 Å². The van der Waals surface area contributed by atoms with Crippen LogP contribution < -0.4 is 5.56 Å². The molecule has 1 heterocycles. The molecule has 1 aromatic carbocycles. The molecule has 3 rings (SSSR count). The van der Waals surface area contributed by atoms with E-state index in [0.29, 0.717) is 0 Å². The molecular formula is C15H13NO. The molecule has 0 spiro atoms. The maximum atomic E-state index is 11.9. The topological polar surface area (TPSA) is 22.0 Å². The van der Waals surface area contributed by atoms with Crippen LogP contribution in [-0.2, 0) is 0 Å². The molecule has 0 aliphatic heterocycles. The third-order valence-corrected chi connectivity index (χ3v) is 3.20. The van der Waals surface area contributed by atoms with Crippen LogP contribution in [0, 0.1) is 0 Å². The van der Waals surface area contributed by atoms with E-state index in [0.717, 1.165) is 6.42 Å². The van der Waals surface area contributed by atoms with Gasteiger partial charge in [-0.1, -0.05) is 42.5 Å². The third-order valence-electron chi connectivity index (χ3n) is 3.20. The number of fused-ring (bicyclic) bond motifs is 1. The van der Waals surface area contributed by atoms with Gasteiger partial charge in [0.25, 0.3) is 5.56 Å². The molecule has 0 bridgehead atoms. The highest BCUT2D eigenvalue weighted by Gasteiger charge is 2.18. The predicted molar refractivity (Wildman–Crippen MR) is 68.9 cm³/mol. The average molecular weight is 223 g/mol. The number of nitrogens with zero attached hydrogens (tertiary/aromatic N) is 1. The van der Waals surface area contributed by atoms with Gasteiger partial charge in [0.15, 0.2) is 0 Å². The summed E-state index contributed by atoms with van der Waals surface area (Å²) in [6.07, 6.45) is 7.00. The van der Waals surface area contributed by atoms with Gasteiger partial charge in [0.05, 0.1) is 6.04 Å². The van der Waals surface area contributed by atoms with Crippen LogP contribution >= 0.6 is 0 Å². The minimum absolute atomic E-state index is 0.0580. The fourth-order valence-electron chi connectivity index (χ4n) is 2.38. The van der Waals surface area contributed by atoms with Gasteiger partial charge in [0, 0.05) is 12.3 Å². The van der Waals surface area contributed by atoms with Crippen LogP contribution in [0.15, 0.2) is 59.5 Å². The van der Waals surface area contributed by atoms with Crippen molar-refractivity contribution in [2.75, 3.05) is 0 Å². The van der Waals surface area contributed by atoms with E-state index >= 15 is 0 Å². The monoisotopic (exact) mass is 223 g/mol. The van der Waals surface area contributed by atoms with Crippen LogP contribution in [0.1, 0.15) is 23.6 Å². The van der Waals surface area contributed by atoms with E-state index in [-0.39, 0.29) is 11.6 Å². The molecule has 1 unspecified atom stereocenters.